The molecule has 0 fully saturated rings. The van der Waals surface area contributed by atoms with Gasteiger partial charge >= 0.3 is 11.4 Å². The number of nitrogens with two attached hydrogens (primary N) is 2. The standard InChI is InChI=1S/C21H23N5O3S2/c1-29-17-9-5-15(6-10-17)13-26-20(30-2)24-19(27)25(21(26)28)12-14-3-7-16(8-4-14)18(11-22)31-23/h3-11H,12-13,22-23H2,1-2H3/b18-11-. The molecule has 3 aromatic rings. The number of methoxy groups -OCH3 is 1. The van der Waals surface area contributed by atoms with Crippen molar-refractivity contribution in [3.05, 3.63) is 92.4 Å². The topological polar surface area (TPSA) is 118 Å². The molecule has 0 amide bonds. The Morgan fingerprint density at radius 3 is 2.13 bits per heavy atom. The minimum atomic E-state index is -0.579. The van der Waals surface area contributed by atoms with Crippen molar-refractivity contribution in [2.45, 2.75) is 18.2 Å². The molecule has 10 heteroatoms. The first-order chi connectivity index (χ1) is 15.0. The molecule has 0 bridgehead atoms. The zero-order chi connectivity index (χ0) is 22.4. The Balaban J connectivity index is 1.94. The highest BCUT2D eigenvalue weighted by Crippen LogP contribution is 2.22. The molecule has 0 saturated heterocycles. The molecule has 3 rings (SSSR count). The third-order valence-electron chi connectivity index (χ3n) is 4.65. The lowest BCUT2D eigenvalue weighted by molar-refractivity contribution is 0.414. The second kappa shape index (κ2) is 10.4. The first-order valence-corrected chi connectivity index (χ1v) is 11.4. The lowest BCUT2D eigenvalue weighted by atomic mass is 10.1. The number of aromatic nitrogens is 3. The average Bonchev–Trinajstić information content (AvgIpc) is 2.80. The van der Waals surface area contributed by atoms with Crippen molar-refractivity contribution in [1.82, 2.24) is 14.1 Å². The van der Waals surface area contributed by atoms with Crippen molar-refractivity contribution in [2.24, 2.45) is 10.9 Å². The van der Waals surface area contributed by atoms with Crippen molar-refractivity contribution in [3.63, 3.8) is 0 Å². The summed E-state index contributed by atoms with van der Waals surface area (Å²) < 4.78 is 7.81. The highest BCUT2D eigenvalue weighted by molar-refractivity contribution is 8.06. The molecule has 0 aliphatic heterocycles. The Morgan fingerprint density at radius 2 is 1.61 bits per heavy atom. The van der Waals surface area contributed by atoms with Crippen LogP contribution in [0.1, 0.15) is 16.7 Å². The van der Waals surface area contributed by atoms with Gasteiger partial charge in [-0.15, -0.1) is 0 Å². The second-order valence-electron chi connectivity index (χ2n) is 6.53. The molecule has 0 unspecified atom stereocenters. The zero-order valence-electron chi connectivity index (χ0n) is 17.1. The summed E-state index contributed by atoms with van der Waals surface area (Å²) in [5.74, 6) is 0.730. The van der Waals surface area contributed by atoms with Crippen molar-refractivity contribution >= 4 is 28.6 Å². The number of benzene rings is 2. The first-order valence-electron chi connectivity index (χ1n) is 9.27. The number of rotatable bonds is 8. The molecule has 0 atom stereocenters. The molecule has 0 spiro atoms. The van der Waals surface area contributed by atoms with Gasteiger partial charge in [0.1, 0.15) is 5.75 Å². The Kier molecular flexibility index (Phi) is 7.61. The van der Waals surface area contributed by atoms with Crippen LogP contribution < -0.4 is 27.0 Å². The summed E-state index contributed by atoms with van der Waals surface area (Å²) in [6.45, 7) is 0.406. The minimum Gasteiger partial charge on any atom is -0.497 e. The summed E-state index contributed by atoms with van der Waals surface area (Å²) in [4.78, 5) is 30.6. The van der Waals surface area contributed by atoms with Gasteiger partial charge in [0, 0.05) is 11.1 Å². The lowest BCUT2D eigenvalue weighted by Gasteiger charge is -2.14. The van der Waals surface area contributed by atoms with Crippen molar-refractivity contribution in [3.8, 4) is 5.75 Å². The monoisotopic (exact) mass is 457 g/mol. The fourth-order valence-electron chi connectivity index (χ4n) is 3.01. The van der Waals surface area contributed by atoms with E-state index in [1.54, 1.807) is 13.4 Å². The molecule has 162 valence electrons. The second-order valence-corrected chi connectivity index (χ2v) is 7.98. The predicted octanol–water partition coefficient (Wildman–Crippen LogP) is 2.10. The summed E-state index contributed by atoms with van der Waals surface area (Å²) in [5.41, 5.74) is 7.12. The Labute approximate surface area is 188 Å². The maximum absolute atomic E-state index is 13.2. The number of hydrogen-bond acceptors (Lipinski definition) is 8. The summed E-state index contributed by atoms with van der Waals surface area (Å²) in [5, 5.41) is 5.97. The van der Waals surface area contributed by atoms with E-state index in [2.05, 4.69) is 4.98 Å². The van der Waals surface area contributed by atoms with Gasteiger partial charge in [0.15, 0.2) is 5.16 Å². The van der Waals surface area contributed by atoms with Crippen LogP contribution in [0.25, 0.3) is 4.91 Å². The molecule has 2 aromatic carbocycles. The molecule has 4 N–H and O–H groups in total. The maximum Gasteiger partial charge on any atom is 0.354 e. The normalized spacial score (nSPS) is 11.5. The van der Waals surface area contributed by atoms with Crippen molar-refractivity contribution in [2.75, 3.05) is 13.4 Å². The van der Waals surface area contributed by atoms with Crippen LogP contribution >= 0.6 is 23.7 Å². The van der Waals surface area contributed by atoms with E-state index in [0.29, 0.717) is 11.7 Å². The summed E-state index contributed by atoms with van der Waals surface area (Å²) in [6, 6.07) is 14.8. The molecule has 8 nitrogen and oxygen atoms in total. The highest BCUT2D eigenvalue weighted by Gasteiger charge is 2.14. The van der Waals surface area contributed by atoms with Crippen LogP contribution in [-0.2, 0) is 13.1 Å². The SMILES string of the molecule is COc1ccc(Cn2c(SC)nc(=O)n(Cc3ccc(/C(=C/N)SN)cc3)c2=O)cc1. The van der Waals surface area contributed by atoms with Crippen molar-refractivity contribution < 1.29 is 4.74 Å². The summed E-state index contributed by atoms with van der Waals surface area (Å²) in [6.07, 6.45) is 3.22. The van der Waals surface area contributed by atoms with Crippen LogP contribution in [0.4, 0.5) is 0 Å². The van der Waals surface area contributed by atoms with Gasteiger partial charge in [-0.25, -0.2) is 14.2 Å². The molecule has 0 aliphatic rings. The molecule has 0 radical (unpaired) electrons. The van der Waals surface area contributed by atoms with Crippen LogP contribution in [-0.4, -0.2) is 27.5 Å². The Morgan fingerprint density at radius 1 is 1.03 bits per heavy atom. The Bertz CT molecular complexity index is 1190. The number of ether oxygens (including phenoxy) is 1. The molecular weight excluding hydrogens is 434 g/mol. The minimum absolute atomic E-state index is 0.111. The van der Waals surface area contributed by atoms with Gasteiger partial charge in [0.25, 0.3) is 0 Å². The number of nitrogens with zero attached hydrogens (tertiary/aromatic N) is 3. The fraction of sp³-hybridized carbons (Fsp3) is 0.190. The third kappa shape index (κ3) is 5.22. The zero-order valence-corrected chi connectivity index (χ0v) is 18.8. The van der Waals surface area contributed by atoms with Crippen LogP contribution in [0.15, 0.2) is 69.5 Å². The fourth-order valence-corrected chi connectivity index (χ4v) is 3.90. The maximum atomic E-state index is 13.2. The highest BCUT2D eigenvalue weighted by atomic mass is 32.2. The van der Waals surface area contributed by atoms with E-state index in [1.807, 2.05) is 48.5 Å². The average molecular weight is 458 g/mol. The van der Waals surface area contributed by atoms with Gasteiger partial charge in [-0.3, -0.25) is 9.71 Å². The van der Waals surface area contributed by atoms with Crippen molar-refractivity contribution in [1.29, 1.82) is 0 Å². The first kappa shape index (κ1) is 22.7. The Hall–Kier alpha value is -2.95. The molecular formula is C21H23N5O3S2. The molecule has 0 aliphatic carbocycles. The molecule has 1 aromatic heterocycles. The van der Waals surface area contributed by atoms with E-state index in [-0.39, 0.29) is 6.54 Å². The van der Waals surface area contributed by atoms with Gasteiger partial charge in [-0.2, -0.15) is 4.98 Å². The molecule has 31 heavy (non-hydrogen) atoms. The lowest BCUT2D eigenvalue weighted by Crippen LogP contribution is -2.42. The smallest absolute Gasteiger partial charge is 0.354 e. The van der Waals surface area contributed by atoms with E-state index in [9.17, 15) is 9.59 Å². The van der Waals surface area contributed by atoms with Crippen LogP contribution in [0.5, 0.6) is 5.75 Å². The number of hydrogen-bond donors (Lipinski definition) is 2. The summed E-state index contributed by atoms with van der Waals surface area (Å²) >= 11 is 2.31. The summed E-state index contributed by atoms with van der Waals surface area (Å²) in [7, 11) is 1.60. The largest absolute Gasteiger partial charge is 0.497 e. The van der Waals surface area contributed by atoms with Crippen LogP contribution in [0.2, 0.25) is 0 Å². The van der Waals surface area contributed by atoms with Gasteiger partial charge in [-0.05, 0) is 47.0 Å². The van der Waals surface area contributed by atoms with Crippen LogP contribution in [0.3, 0.4) is 0 Å². The van der Waals surface area contributed by atoms with E-state index in [0.717, 1.165) is 43.9 Å². The van der Waals surface area contributed by atoms with Gasteiger partial charge in [0.2, 0.25) is 0 Å². The third-order valence-corrected chi connectivity index (χ3v) is 5.96. The van der Waals surface area contributed by atoms with Crippen LogP contribution in [0, 0.1) is 0 Å². The van der Waals surface area contributed by atoms with E-state index < -0.39 is 11.4 Å². The van der Waals surface area contributed by atoms with E-state index in [4.69, 9.17) is 15.6 Å². The quantitative estimate of drug-likeness (QED) is 0.390. The molecule has 1 heterocycles. The molecule has 0 saturated carbocycles. The van der Waals surface area contributed by atoms with E-state index >= 15 is 0 Å². The van der Waals surface area contributed by atoms with Gasteiger partial charge in [-0.1, -0.05) is 48.2 Å². The number of thioether (sulfide) groups is 1. The van der Waals surface area contributed by atoms with Gasteiger partial charge in [0.05, 0.1) is 20.2 Å². The predicted molar refractivity (Wildman–Crippen MR) is 126 cm³/mol. The van der Waals surface area contributed by atoms with E-state index in [1.165, 1.54) is 22.5 Å². The van der Waals surface area contributed by atoms with Gasteiger partial charge < -0.3 is 10.5 Å².